The Kier molecular flexibility index (Phi) is 10.7. The molecule has 40 heavy (non-hydrogen) atoms. The minimum Gasteiger partial charge on any atom is -0.355 e. The largest absolute Gasteiger partial charge is 0.355 e. The Labute approximate surface area is 241 Å². The molecular formula is C30H39ClFN5O3. The SMILES string of the molecule is Cc1nc(-c2ccc(C)c(N(CC(=O)NCCCC(C)C)CC(=O)N(C)C3Cc4ccc(F)cc4C3)c2)no1.Cl. The Bertz CT molecular complexity index is 1330. The summed E-state index contributed by atoms with van der Waals surface area (Å²) in [6, 6.07) is 10.5. The average molecular weight is 572 g/mol. The van der Waals surface area contributed by atoms with Crippen LogP contribution in [0.2, 0.25) is 0 Å². The number of benzene rings is 2. The Morgan fingerprint density at radius 1 is 1.10 bits per heavy atom. The fourth-order valence-corrected chi connectivity index (χ4v) is 5.02. The van der Waals surface area contributed by atoms with Crippen LogP contribution < -0.4 is 10.2 Å². The lowest BCUT2D eigenvalue weighted by Gasteiger charge is -2.30. The predicted octanol–water partition coefficient (Wildman–Crippen LogP) is 4.90. The lowest BCUT2D eigenvalue weighted by molar-refractivity contribution is -0.130. The van der Waals surface area contributed by atoms with Gasteiger partial charge in [-0.1, -0.05) is 37.2 Å². The number of aryl methyl sites for hydroxylation is 2. The van der Waals surface area contributed by atoms with Crippen LogP contribution in [0.25, 0.3) is 11.4 Å². The number of likely N-dealkylation sites (N-methyl/N-ethyl adjacent to an activating group) is 1. The standard InChI is InChI=1S/C30H38FN5O3.ClH/c1-19(2)7-6-12-32-28(37)17-36(27-16-23(9-8-20(27)3)30-33-21(4)39-34-30)18-29(38)35(5)26-14-22-10-11-25(31)13-24(22)15-26;/h8-11,13,16,19,26H,6-7,12,14-15,17-18H2,1-5H3,(H,32,37);1H. The predicted molar refractivity (Wildman–Crippen MR) is 156 cm³/mol. The summed E-state index contributed by atoms with van der Waals surface area (Å²) in [5.74, 6) is 0.967. The van der Waals surface area contributed by atoms with E-state index in [1.807, 2.05) is 30.0 Å². The van der Waals surface area contributed by atoms with Gasteiger partial charge < -0.3 is 19.6 Å². The van der Waals surface area contributed by atoms with Crippen molar-refractivity contribution in [1.82, 2.24) is 20.4 Å². The van der Waals surface area contributed by atoms with Gasteiger partial charge in [0.2, 0.25) is 23.5 Å². The number of fused-ring (bicyclic) bond motifs is 1. The Morgan fingerprint density at radius 2 is 1.85 bits per heavy atom. The zero-order chi connectivity index (χ0) is 28.1. The topological polar surface area (TPSA) is 91.6 Å². The van der Waals surface area contributed by atoms with Crippen molar-refractivity contribution in [3.8, 4) is 11.4 Å². The van der Waals surface area contributed by atoms with E-state index < -0.39 is 0 Å². The third-order valence-corrected chi connectivity index (χ3v) is 7.30. The molecule has 1 aliphatic rings. The number of anilines is 1. The van der Waals surface area contributed by atoms with Crippen LogP contribution in [0.15, 0.2) is 40.9 Å². The monoisotopic (exact) mass is 571 g/mol. The molecule has 2 aromatic carbocycles. The number of amides is 2. The quantitative estimate of drug-likeness (QED) is 0.329. The molecule has 216 valence electrons. The number of nitrogens with one attached hydrogen (secondary N) is 1. The lowest BCUT2D eigenvalue weighted by atomic mass is 10.1. The molecule has 2 amide bonds. The van der Waals surface area contributed by atoms with E-state index in [0.29, 0.717) is 37.0 Å². The van der Waals surface area contributed by atoms with Gasteiger partial charge >= 0.3 is 0 Å². The van der Waals surface area contributed by atoms with Crippen molar-refractivity contribution < 1.29 is 18.5 Å². The van der Waals surface area contributed by atoms with Crippen molar-refractivity contribution >= 4 is 29.9 Å². The molecular weight excluding hydrogens is 533 g/mol. The fraction of sp³-hybridized carbons (Fsp3) is 0.467. The molecule has 1 atom stereocenters. The van der Waals surface area contributed by atoms with Crippen LogP contribution in [0.5, 0.6) is 0 Å². The maximum atomic E-state index is 13.7. The zero-order valence-corrected chi connectivity index (χ0v) is 24.7. The number of rotatable bonds is 11. The first kappa shape index (κ1) is 31.1. The molecule has 0 saturated carbocycles. The van der Waals surface area contributed by atoms with Crippen molar-refractivity contribution in [2.24, 2.45) is 5.92 Å². The average Bonchev–Trinajstić information content (AvgIpc) is 3.51. The molecule has 0 spiro atoms. The van der Waals surface area contributed by atoms with Gasteiger partial charge in [-0.3, -0.25) is 9.59 Å². The minimum atomic E-state index is -0.263. The summed E-state index contributed by atoms with van der Waals surface area (Å²) >= 11 is 0. The van der Waals surface area contributed by atoms with E-state index in [0.717, 1.165) is 40.8 Å². The van der Waals surface area contributed by atoms with Gasteiger partial charge in [0.05, 0.1) is 13.1 Å². The minimum absolute atomic E-state index is 0. The summed E-state index contributed by atoms with van der Waals surface area (Å²) in [6.45, 7) is 8.64. The maximum absolute atomic E-state index is 13.7. The molecule has 0 aliphatic heterocycles. The number of aromatic nitrogens is 2. The van der Waals surface area contributed by atoms with E-state index in [2.05, 4.69) is 29.3 Å². The second-order valence-electron chi connectivity index (χ2n) is 10.9. The number of nitrogens with zero attached hydrogens (tertiary/aromatic N) is 4. The number of carbonyl (C=O) groups excluding carboxylic acids is 2. The highest BCUT2D eigenvalue weighted by atomic mass is 35.5. The molecule has 1 heterocycles. The van der Waals surface area contributed by atoms with Crippen molar-refractivity contribution in [3.05, 3.63) is 64.8 Å². The van der Waals surface area contributed by atoms with E-state index in [1.165, 1.54) is 6.07 Å². The zero-order valence-electron chi connectivity index (χ0n) is 23.9. The highest BCUT2D eigenvalue weighted by molar-refractivity contribution is 5.87. The van der Waals surface area contributed by atoms with E-state index in [4.69, 9.17) is 4.52 Å². The number of halogens is 2. The number of hydrogen-bond acceptors (Lipinski definition) is 6. The first-order valence-electron chi connectivity index (χ1n) is 13.6. The summed E-state index contributed by atoms with van der Waals surface area (Å²) < 4.78 is 18.9. The van der Waals surface area contributed by atoms with Crippen molar-refractivity contribution in [2.75, 3.05) is 31.6 Å². The van der Waals surface area contributed by atoms with Crippen LogP contribution in [-0.2, 0) is 22.4 Å². The van der Waals surface area contributed by atoms with Crippen molar-refractivity contribution in [2.45, 2.75) is 59.4 Å². The van der Waals surface area contributed by atoms with Gasteiger partial charge in [0.1, 0.15) is 5.82 Å². The highest BCUT2D eigenvalue weighted by Crippen LogP contribution is 2.28. The van der Waals surface area contributed by atoms with Crippen LogP contribution in [0.1, 0.15) is 49.3 Å². The van der Waals surface area contributed by atoms with Crippen LogP contribution in [-0.4, -0.2) is 59.6 Å². The van der Waals surface area contributed by atoms with Gasteiger partial charge in [0.15, 0.2) is 0 Å². The molecule has 1 N–H and O–H groups in total. The van der Waals surface area contributed by atoms with Gasteiger partial charge in [0.25, 0.3) is 0 Å². The highest BCUT2D eigenvalue weighted by Gasteiger charge is 2.29. The Hall–Kier alpha value is -3.46. The van der Waals surface area contributed by atoms with Crippen LogP contribution in [0, 0.1) is 25.6 Å². The smallest absolute Gasteiger partial charge is 0.242 e. The molecule has 0 radical (unpaired) electrons. The summed E-state index contributed by atoms with van der Waals surface area (Å²) in [5.41, 5.74) is 4.43. The van der Waals surface area contributed by atoms with Crippen LogP contribution in [0.4, 0.5) is 10.1 Å². The number of hydrogen-bond donors (Lipinski definition) is 1. The van der Waals surface area contributed by atoms with E-state index in [-0.39, 0.29) is 49.2 Å². The molecule has 3 aromatic rings. The number of carbonyl (C=O) groups is 2. The molecule has 1 unspecified atom stereocenters. The fourth-order valence-electron chi connectivity index (χ4n) is 5.02. The van der Waals surface area contributed by atoms with Gasteiger partial charge in [0, 0.05) is 37.8 Å². The Balaban J connectivity index is 0.00000441. The normalized spacial score (nSPS) is 14.0. The summed E-state index contributed by atoms with van der Waals surface area (Å²) in [7, 11) is 1.78. The molecule has 0 bridgehead atoms. The molecule has 1 aromatic heterocycles. The van der Waals surface area contributed by atoms with Gasteiger partial charge in [-0.05, 0) is 73.4 Å². The third-order valence-electron chi connectivity index (χ3n) is 7.30. The van der Waals surface area contributed by atoms with Crippen molar-refractivity contribution in [3.63, 3.8) is 0 Å². The van der Waals surface area contributed by atoms with E-state index in [9.17, 15) is 14.0 Å². The van der Waals surface area contributed by atoms with E-state index >= 15 is 0 Å². The van der Waals surface area contributed by atoms with Crippen molar-refractivity contribution in [1.29, 1.82) is 0 Å². The summed E-state index contributed by atoms with van der Waals surface area (Å²) in [4.78, 5) is 34.4. The molecule has 1 aliphatic carbocycles. The van der Waals surface area contributed by atoms with E-state index in [1.54, 1.807) is 31.0 Å². The van der Waals surface area contributed by atoms with Crippen LogP contribution in [0.3, 0.4) is 0 Å². The van der Waals surface area contributed by atoms with Crippen LogP contribution >= 0.6 is 12.4 Å². The molecule has 0 saturated heterocycles. The van der Waals surface area contributed by atoms with Gasteiger partial charge in [-0.25, -0.2) is 4.39 Å². The first-order chi connectivity index (χ1) is 18.6. The van der Waals surface area contributed by atoms with Gasteiger partial charge in [-0.2, -0.15) is 4.98 Å². The summed E-state index contributed by atoms with van der Waals surface area (Å²) in [6.07, 6.45) is 3.23. The second kappa shape index (κ2) is 13.7. The first-order valence-corrected chi connectivity index (χ1v) is 13.6. The van der Waals surface area contributed by atoms with Gasteiger partial charge in [-0.15, -0.1) is 12.4 Å². The summed E-state index contributed by atoms with van der Waals surface area (Å²) in [5, 5.41) is 7.02. The molecule has 10 heteroatoms. The molecule has 4 rings (SSSR count). The second-order valence-corrected chi connectivity index (χ2v) is 10.9. The molecule has 8 nitrogen and oxygen atoms in total. The third kappa shape index (κ3) is 7.81. The lowest BCUT2D eigenvalue weighted by Crippen LogP contribution is -2.47. The molecule has 0 fully saturated rings. The Morgan fingerprint density at radius 3 is 2.55 bits per heavy atom. The maximum Gasteiger partial charge on any atom is 0.242 e.